The van der Waals surface area contributed by atoms with Crippen molar-refractivity contribution in [1.29, 1.82) is 0 Å². The molecule has 0 radical (unpaired) electrons. The van der Waals surface area contributed by atoms with Crippen molar-refractivity contribution in [3.8, 4) is 0 Å². The van der Waals surface area contributed by atoms with Crippen LogP contribution in [0.25, 0.3) is 10.9 Å². The molecule has 1 aromatic heterocycles. The number of aromatic nitrogens is 1. The summed E-state index contributed by atoms with van der Waals surface area (Å²) in [4.78, 5) is 27.4. The lowest BCUT2D eigenvalue weighted by molar-refractivity contribution is -0.151. The molecular weight excluding hydrogens is 404 g/mol. The predicted molar refractivity (Wildman–Crippen MR) is 123 cm³/mol. The van der Waals surface area contributed by atoms with Gasteiger partial charge in [-0.15, -0.1) is 0 Å². The molecule has 0 saturated carbocycles. The van der Waals surface area contributed by atoms with Gasteiger partial charge >= 0.3 is 11.9 Å². The summed E-state index contributed by atoms with van der Waals surface area (Å²) in [7, 11) is 3.48. The van der Waals surface area contributed by atoms with Crippen LogP contribution in [0, 0.1) is 0 Å². The highest BCUT2D eigenvalue weighted by molar-refractivity contribution is 5.88. The van der Waals surface area contributed by atoms with E-state index in [1.54, 1.807) is 0 Å². The Bertz CT molecular complexity index is 1110. The van der Waals surface area contributed by atoms with E-state index < -0.39 is 6.04 Å². The van der Waals surface area contributed by atoms with Gasteiger partial charge in [0.25, 0.3) is 0 Å². The molecule has 6 nitrogen and oxygen atoms in total. The molecule has 6 heteroatoms. The number of ether oxygens (including phenoxy) is 2. The van der Waals surface area contributed by atoms with E-state index in [9.17, 15) is 9.59 Å². The Morgan fingerprint density at radius 2 is 1.78 bits per heavy atom. The maximum atomic E-state index is 13.1. The molecule has 0 saturated heterocycles. The van der Waals surface area contributed by atoms with Crippen LogP contribution in [0.1, 0.15) is 42.6 Å². The normalized spacial score (nSPS) is 18.3. The molecule has 2 heterocycles. The van der Waals surface area contributed by atoms with Gasteiger partial charge < -0.3 is 14.0 Å². The fourth-order valence-electron chi connectivity index (χ4n) is 4.95. The molecule has 32 heavy (non-hydrogen) atoms. The summed E-state index contributed by atoms with van der Waals surface area (Å²) in [6.45, 7) is 2.77. The van der Waals surface area contributed by atoms with E-state index in [1.807, 2.05) is 37.3 Å². The molecular formula is C26H30N2O4. The monoisotopic (exact) mass is 434 g/mol. The molecule has 0 bridgehead atoms. The lowest BCUT2D eigenvalue weighted by Gasteiger charge is -2.41. The van der Waals surface area contributed by atoms with E-state index in [-0.39, 0.29) is 24.4 Å². The minimum atomic E-state index is -0.420. The van der Waals surface area contributed by atoms with Crippen molar-refractivity contribution in [2.24, 2.45) is 7.05 Å². The van der Waals surface area contributed by atoms with Crippen molar-refractivity contribution in [2.75, 3.05) is 13.7 Å². The summed E-state index contributed by atoms with van der Waals surface area (Å²) in [6.07, 6.45) is 1.42. The summed E-state index contributed by atoms with van der Waals surface area (Å²) in [5.74, 6) is -0.465. The molecule has 4 rings (SSSR count). The Balaban J connectivity index is 1.84. The first kappa shape index (κ1) is 22.1. The average Bonchev–Trinajstić information content (AvgIpc) is 3.10. The number of esters is 2. The molecule has 3 aromatic rings. The van der Waals surface area contributed by atoms with Crippen molar-refractivity contribution in [2.45, 2.75) is 44.8 Å². The molecule has 2 atom stereocenters. The summed E-state index contributed by atoms with van der Waals surface area (Å²) < 4.78 is 12.6. The Morgan fingerprint density at radius 3 is 2.50 bits per heavy atom. The Hall–Kier alpha value is -3.12. The topological polar surface area (TPSA) is 60.8 Å². The number of para-hydroxylation sites is 1. The molecule has 1 aliphatic heterocycles. The molecule has 168 valence electrons. The average molecular weight is 435 g/mol. The fraction of sp³-hybridized carbons (Fsp3) is 0.385. The lowest BCUT2D eigenvalue weighted by Crippen LogP contribution is -2.49. The SMILES string of the molecule is CCOC(=O)[C@H]1Cc2c(n(C)c3ccccc23)[C@H](CCC(=O)OC)N1Cc1ccccc1. The number of benzene rings is 2. The first-order valence-corrected chi connectivity index (χ1v) is 11.1. The zero-order valence-electron chi connectivity index (χ0n) is 18.9. The summed E-state index contributed by atoms with van der Waals surface area (Å²) >= 11 is 0. The van der Waals surface area contributed by atoms with Gasteiger partial charge in [0.2, 0.25) is 0 Å². The first-order chi connectivity index (χ1) is 15.5. The maximum absolute atomic E-state index is 13.1. The number of nitrogens with zero attached hydrogens (tertiary/aromatic N) is 2. The van der Waals surface area contributed by atoms with E-state index >= 15 is 0 Å². The van der Waals surface area contributed by atoms with Crippen molar-refractivity contribution >= 4 is 22.8 Å². The van der Waals surface area contributed by atoms with E-state index in [1.165, 1.54) is 12.7 Å². The highest BCUT2D eigenvalue weighted by Crippen LogP contribution is 2.42. The van der Waals surface area contributed by atoms with Crippen LogP contribution in [0.5, 0.6) is 0 Å². The number of methoxy groups -OCH3 is 1. The molecule has 0 unspecified atom stereocenters. The second kappa shape index (κ2) is 9.57. The van der Waals surface area contributed by atoms with E-state index in [2.05, 4.69) is 40.8 Å². The van der Waals surface area contributed by atoms with Gasteiger partial charge in [0.1, 0.15) is 6.04 Å². The summed E-state index contributed by atoms with van der Waals surface area (Å²) in [5, 5.41) is 1.15. The van der Waals surface area contributed by atoms with Crippen LogP contribution in [0.3, 0.4) is 0 Å². The molecule has 0 aliphatic carbocycles. The van der Waals surface area contributed by atoms with Gasteiger partial charge in [-0.25, -0.2) is 0 Å². The van der Waals surface area contributed by atoms with Crippen LogP contribution in [-0.4, -0.2) is 41.2 Å². The minimum absolute atomic E-state index is 0.120. The highest BCUT2D eigenvalue weighted by Gasteiger charge is 2.41. The van der Waals surface area contributed by atoms with E-state index in [0.717, 1.165) is 22.2 Å². The van der Waals surface area contributed by atoms with Gasteiger partial charge in [0.05, 0.1) is 19.8 Å². The third kappa shape index (κ3) is 4.15. The number of rotatable bonds is 7. The minimum Gasteiger partial charge on any atom is -0.469 e. The Morgan fingerprint density at radius 1 is 1.06 bits per heavy atom. The van der Waals surface area contributed by atoms with Crippen LogP contribution in [0.4, 0.5) is 0 Å². The van der Waals surface area contributed by atoms with Gasteiger partial charge in [0, 0.05) is 43.0 Å². The Kier molecular flexibility index (Phi) is 6.61. The van der Waals surface area contributed by atoms with Crippen LogP contribution in [0.2, 0.25) is 0 Å². The third-order valence-electron chi connectivity index (χ3n) is 6.39. The quantitative estimate of drug-likeness (QED) is 0.523. The van der Waals surface area contributed by atoms with Crippen LogP contribution >= 0.6 is 0 Å². The first-order valence-electron chi connectivity index (χ1n) is 11.1. The van der Waals surface area contributed by atoms with Crippen LogP contribution in [0.15, 0.2) is 54.6 Å². The van der Waals surface area contributed by atoms with Crippen molar-refractivity contribution in [3.63, 3.8) is 0 Å². The maximum Gasteiger partial charge on any atom is 0.323 e. The van der Waals surface area contributed by atoms with Gasteiger partial charge in [-0.2, -0.15) is 0 Å². The van der Waals surface area contributed by atoms with Gasteiger partial charge in [-0.1, -0.05) is 48.5 Å². The van der Waals surface area contributed by atoms with Gasteiger partial charge in [-0.05, 0) is 30.5 Å². The summed E-state index contributed by atoms with van der Waals surface area (Å²) in [6, 6.07) is 17.9. The van der Waals surface area contributed by atoms with Gasteiger partial charge in [-0.3, -0.25) is 14.5 Å². The number of fused-ring (bicyclic) bond motifs is 3. The van der Waals surface area contributed by atoms with Crippen LogP contribution < -0.4 is 0 Å². The number of aryl methyl sites for hydroxylation is 1. The molecule has 0 amide bonds. The second-order valence-corrected chi connectivity index (χ2v) is 8.20. The third-order valence-corrected chi connectivity index (χ3v) is 6.39. The number of hydrogen-bond acceptors (Lipinski definition) is 5. The number of carbonyl (C=O) groups is 2. The summed E-state index contributed by atoms with van der Waals surface area (Å²) in [5.41, 5.74) is 4.57. The predicted octanol–water partition coefficient (Wildman–Crippen LogP) is 4.16. The van der Waals surface area contributed by atoms with Crippen molar-refractivity contribution < 1.29 is 19.1 Å². The standard InChI is InChI=1S/C26H30N2O4/c1-4-32-26(30)23-16-20-19-12-8-9-13-21(19)27(2)25(20)22(14-15-24(29)31-3)28(23)17-18-10-6-5-7-11-18/h5-13,22-23H,4,14-17H2,1-3H3/t22-,23+/m0/s1. The second-order valence-electron chi connectivity index (χ2n) is 8.20. The molecule has 1 aliphatic rings. The van der Waals surface area contributed by atoms with Crippen molar-refractivity contribution in [3.05, 3.63) is 71.4 Å². The zero-order chi connectivity index (χ0) is 22.7. The highest BCUT2D eigenvalue weighted by atomic mass is 16.5. The number of hydrogen-bond donors (Lipinski definition) is 0. The molecule has 0 fully saturated rings. The zero-order valence-corrected chi connectivity index (χ0v) is 18.9. The fourth-order valence-corrected chi connectivity index (χ4v) is 4.95. The lowest BCUT2D eigenvalue weighted by atomic mass is 9.88. The molecule has 2 aromatic carbocycles. The Labute approximate surface area is 188 Å². The van der Waals surface area contributed by atoms with Gasteiger partial charge in [0.15, 0.2) is 0 Å². The smallest absolute Gasteiger partial charge is 0.323 e. The van der Waals surface area contributed by atoms with E-state index in [0.29, 0.717) is 26.0 Å². The largest absolute Gasteiger partial charge is 0.469 e. The van der Waals surface area contributed by atoms with E-state index in [4.69, 9.17) is 9.47 Å². The van der Waals surface area contributed by atoms with Crippen molar-refractivity contribution in [1.82, 2.24) is 9.47 Å². The number of carbonyl (C=O) groups excluding carboxylic acids is 2. The molecule has 0 spiro atoms. The molecule has 0 N–H and O–H groups in total. The van der Waals surface area contributed by atoms with Crippen LogP contribution in [-0.2, 0) is 39.1 Å².